The van der Waals surface area contributed by atoms with Gasteiger partial charge in [0, 0.05) is 12.6 Å². The van der Waals surface area contributed by atoms with Gasteiger partial charge in [0.25, 0.3) is 0 Å². The van der Waals surface area contributed by atoms with Crippen LogP contribution in [-0.4, -0.2) is 30.3 Å². The van der Waals surface area contributed by atoms with Crippen molar-refractivity contribution in [1.82, 2.24) is 4.90 Å². The van der Waals surface area contributed by atoms with Crippen LogP contribution in [0.2, 0.25) is 0 Å². The number of thiol groups is 1. The molecule has 0 atom stereocenters. The first-order chi connectivity index (χ1) is 9.06. The lowest BCUT2D eigenvalue weighted by Crippen LogP contribution is -2.43. The van der Waals surface area contributed by atoms with Gasteiger partial charge in [0.05, 0.1) is 0 Å². The molecule has 19 heavy (non-hydrogen) atoms. The maximum Gasteiger partial charge on any atom is 0.00926 e. The van der Waals surface area contributed by atoms with Crippen LogP contribution in [0.5, 0.6) is 0 Å². The third-order valence-electron chi connectivity index (χ3n) is 5.09. The molecule has 0 amide bonds. The Morgan fingerprint density at radius 3 is 2.00 bits per heavy atom. The Kier molecular flexibility index (Phi) is 7.83. The second kappa shape index (κ2) is 8.56. The topological polar surface area (TPSA) is 3.24 Å². The van der Waals surface area contributed by atoms with Gasteiger partial charge in [-0.15, -0.1) is 0 Å². The van der Waals surface area contributed by atoms with Gasteiger partial charge in [-0.25, -0.2) is 0 Å². The van der Waals surface area contributed by atoms with Crippen molar-refractivity contribution in [3.63, 3.8) is 0 Å². The van der Waals surface area contributed by atoms with Crippen molar-refractivity contribution in [2.75, 3.05) is 19.3 Å². The minimum absolute atomic E-state index is 0.449. The second-order valence-electron chi connectivity index (χ2n) is 6.99. The second-order valence-corrected chi connectivity index (χ2v) is 7.30. The minimum Gasteiger partial charge on any atom is -0.303 e. The molecule has 1 aliphatic rings. The Morgan fingerprint density at radius 1 is 1.05 bits per heavy atom. The number of nitrogens with zero attached hydrogens (tertiary/aromatic N) is 1. The van der Waals surface area contributed by atoms with Crippen molar-refractivity contribution in [3.05, 3.63) is 0 Å². The van der Waals surface area contributed by atoms with Crippen LogP contribution in [0.3, 0.4) is 0 Å². The van der Waals surface area contributed by atoms with Crippen molar-refractivity contribution in [2.24, 2.45) is 11.3 Å². The zero-order chi connectivity index (χ0) is 14.3. The van der Waals surface area contributed by atoms with E-state index in [0.29, 0.717) is 5.41 Å². The lowest BCUT2D eigenvalue weighted by molar-refractivity contribution is 0.103. The van der Waals surface area contributed by atoms with Gasteiger partial charge >= 0.3 is 0 Å². The Hall–Kier alpha value is 0.310. The smallest absolute Gasteiger partial charge is 0.00926 e. The molecule has 1 aliphatic carbocycles. The van der Waals surface area contributed by atoms with E-state index >= 15 is 0 Å². The highest BCUT2D eigenvalue weighted by atomic mass is 32.1. The van der Waals surface area contributed by atoms with Gasteiger partial charge in [0.1, 0.15) is 0 Å². The molecule has 0 bridgehead atoms. The molecule has 114 valence electrons. The number of hydrogen-bond donors (Lipinski definition) is 1. The zero-order valence-corrected chi connectivity index (χ0v) is 14.5. The minimum atomic E-state index is 0.449. The van der Waals surface area contributed by atoms with Crippen LogP contribution in [0.15, 0.2) is 0 Å². The van der Waals surface area contributed by atoms with Gasteiger partial charge in [0.15, 0.2) is 0 Å². The van der Waals surface area contributed by atoms with E-state index in [1.807, 2.05) is 0 Å². The molecule has 0 N–H and O–H groups in total. The summed E-state index contributed by atoms with van der Waals surface area (Å²) in [4.78, 5) is 2.66. The van der Waals surface area contributed by atoms with Crippen molar-refractivity contribution in [1.29, 1.82) is 0 Å². The molecule has 0 aliphatic heterocycles. The first kappa shape index (κ1) is 17.4. The zero-order valence-electron chi connectivity index (χ0n) is 13.6. The maximum atomic E-state index is 4.70. The Bertz CT molecular complexity index is 227. The summed E-state index contributed by atoms with van der Waals surface area (Å²) >= 11 is 4.70. The standard InChI is InChI=1S/C17H35NS/c1-5-11-17(14-19,12-6-2)13-18(4)16-9-7-15(3)8-10-16/h15-16,19H,5-14H2,1-4H3. The molecule has 2 heteroatoms. The van der Waals surface area contributed by atoms with Crippen LogP contribution < -0.4 is 0 Å². The van der Waals surface area contributed by atoms with Crippen molar-refractivity contribution in [3.8, 4) is 0 Å². The normalized spacial score (nSPS) is 24.9. The van der Waals surface area contributed by atoms with Gasteiger partial charge in [-0.3, -0.25) is 0 Å². The summed E-state index contributed by atoms with van der Waals surface area (Å²) in [7, 11) is 2.35. The van der Waals surface area contributed by atoms with E-state index in [2.05, 4.69) is 32.7 Å². The molecular formula is C17H35NS. The summed E-state index contributed by atoms with van der Waals surface area (Å²) in [5, 5.41) is 0. The van der Waals surface area contributed by atoms with Crippen molar-refractivity contribution in [2.45, 2.75) is 78.2 Å². The fraction of sp³-hybridized carbons (Fsp3) is 1.00. The van der Waals surface area contributed by atoms with E-state index in [1.54, 1.807) is 0 Å². The monoisotopic (exact) mass is 285 g/mol. The summed E-state index contributed by atoms with van der Waals surface area (Å²) in [6.45, 7) is 8.28. The quantitative estimate of drug-likeness (QED) is 0.613. The van der Waals surface area contributed by atoms with Gasteiger partial charge in [-0.2, -0.15) is 12.6 Å². The number of rotatable bonds is 8. The van der Waals surface area contributed by atoms with E-state index < -0.39 is 0 Å². The van der Waals surface area contributed by atoms with Gasteiger partial charge in [-0.1, -0.05) is 33.6 Å². The molecular weight excluding hydrogens is 250 g/mol. The van der Waals surface area contributed by atoms with E-state index in [9.17, 15) is 0 Å². The third kappa shape index (κ3) is 5.30. The summed E-state index contributed by atoms with van der Waals surface area (Å²) in [5.74, 6) is 1.99. The van der Waals surface area contributed by atoms with Crippen LogP contribution in [-0.2, 0) is 0 Å². The van der Waals surface area contributed by atoms with Crippen LogP contribution in [0.4, 0.5) is 0 Å². The average Bonchev–Trinajstić information content (AvgIpc) is 2.40. The highest BCUT2D eigenvalue weighted by Crippen LogP contribution is 2.34. The predicted octanol–water partition coefficient (Wildman–Crippen LogP) is 5.01. The first-order valence-electron chi connectivity index (χ1n) is 8.38. The molecule has 1 fully saturated rings. The van der Waals surface area contributed by atoms with Gasteiger partial charge < -0.3 is 4.90 Å². The molecule has 1 nitrogen and oxygen atoms in total. The van der Waals surface area contributed by atoms with E-state index in [-0.39, 0.29) is 0 Å². The Morgan fingerprint density at radius 2 is 1.58 bits per heavy atom. The summed E-state index contributed by atoms with van der Waals surface area (Å²) in [5.41, 5.74) is 0.449. The molecule has 1 saturated carbocycles. The summed E-state index contributed by atoms with van der Waals surface area (Å²) < 4.78 is 0. The predicted molar refractivity (Wildman–Crippen MR) is 90.2 cm³/mol. The van der Waals surface area contributed by atoms with E-state index in [4.69, 9.17) is 12.6 Å². The van der Waals surface area contributed by atoms with Crippen LogP contribution >= 0.6 is 12.6 Å². The maximum absolute atomic E-state index is 4.70. The molecule has 0 aromatic carbocycles. The van der Waals surface area contributed by atoms with Crippen molar-refractivity contribution >= 4 is 12.6 Å². The Balaban J connectivity index is 2.56. The summed E-state index contributed by atoms with van der Waals surface area (Å²) in [6.07, 6.45) is 10.9. The van der Waals surface area contributed by atoms with Gasteiger partial charge in [0.2, 0.25) is 0 Å². The molecule has 0 unspecified atom stereocenters. The van der Waals surface area contributed by atoms with Gasteiger partial charge in [-0.05, 0) is 62.7 Å². The number of hydrogen-bond acceptors (Lipinski definition) is 2. The molecule has 0 radical (unpaired) electrons. The van der Waals surface area contributed by atoms with Crippen molar-refractivity contribution < 1.29 is 0 Å². The lowest BCUT2D eigenvalue weighted by Gasteiger charge is -2.41. The molecule has 0 spiro atoms. The first-order valence-corrected chi connectivity index (χ1v) is 9.01. The molecule has 1 rings (SSSR count). The fourth-order valence-electron chi connectivity index (χ4n) is 3.89. The average molecular weight is 286 g/mol. The van der Waals surface area contributed by atoms with Crippen LogP contribution in [0, 0.1) is 11.3 Å². The molecule has 0 aromatic rings. The highest BCUT2D eigenvalue weighted by molar-refractivity contribution is 7.80. The van der Waals surface area contributed by atoms with E-state index in [1.165, 1.54) is 57.9 Å². The molecule has 0 heterocycles. The fourth-order valence-corrected chi connectivity index (χ4v) is 4.31. The largest absolute Gasteiger partial charge is 0.303 e. The SMILES string of the molecule is CCCC(CS)(CCC)CN(C)C1CCC(C)CC1. The molecule has 0 saturated heterocycles. The van der Waals surface area contributed by atoms with E-state index in [0.717, 1.165) is 17.7 Å². The van der Waals surface area contributed by atoms with Crippen LogP contribution in [0.25, 0.3) is 0 Å². The lowest BCUT2D eigenvalue weighted by atomic mass is 9.79. The van der Waals surface area contributed by atoms with Crippen LogP contribution in [0.1, 0.15) is 72.1 Å². The molecule has 0 aromatic heterocycles. The third-order valence-corrected chi connectivity index (χ3v) is 5.76. The Labute approximate surface area is 126 Å². The highest BCUT2D eigenvalue weighted by Gasteiger charge is 2.31. The summed E-state index contributed by atoms with van der Waals surface area (Å²) in [6, 6.07) is 0.823.